The first-order chi connectivity index (χ1) is 8.46. The van der Waals surface area contributed by atoms with Gasteiger partial charge in [0.1, 0.15) is 11.1 Å². The Balaban J connectivity index is 2.02. The number of nitrogens with one attached hydrogen (secondary N) is 1. The first kappa shape index (κ1) is 12.4. The highest BCUT2D eigenvalue weighted by Gasteiger charge is 2.16. The van der Waals surface area contributed by atoms with Gasteiger partial charge in [0.05, 0.1) is 0 Å². The number of ether oxygens (including phenoxy) is 1. The summed E-state index contributed by atoms with van der Waals surface area (Å²) < 4.78 is 10.3. The first-order valence-corrected chi connectivity index (χ1v) is 5.74. The maximum atomic E-state index is 11.5. The summed E-state index contributed by atoms with van der Waals surface area (Å²) in [6.45, 7) is 5.83. The number of hydrogen-bond donors (Lipinski definition) is 1. The van der Waals surface area contributed by atoms with Gasteiger partial charge in [0.2, 0.25) is 0 Å². The Kier molecular flexibility index (Phi) is 3.23. The number of carbonyl (C=O) groups excluding carboxylic acids is 1. The average molecular weight is 248 g/mol. The Bertz CT molecular complexity index is 555. The molecule has 1 amide bonds. The Morgan fingerprint density at radius 3 is 2.94 bits per heavy atom. The van der Waals surface area contributed by atoms with Crippen LogP contribution >= 0.6 is 0 Å². The number of nitrogens with zero attached hydrogens (tertiary/aromatic N) is 1. The van der Waals surface area contributed by atoms with Gasteiger partial charge in [-0.25, -0.2) is 9.78 Å². The average Bonchev–Trinajstić information content (AvgIpc) is 2.72. The molecule has 0 bridgehead atoms. The lowest BCUT2D eigenvalue weighted by molar-refractivity contribution is 0.0524. The molecule has 5 heteroatoms. The van der Waals surface area contributed by atoms with Crippen LogP contribution in [-0.2, 0) is 11.3 Å². The van der Waals surface area contributed by atoms with Crippen LogP contribution in [0.25, 0.3) is 11.1 Å². The van der Waals surface area contributed by atoms with Crippen LogP contribution in [0.15, 0.2) is 29.0 Å². The number of rotatable bonds is 2. The third-order valence-electron chi connectivity index (χ3n) is 2.27. The van der Waals surface area contributed by atoms with Crippen molar-refractivity contribution in [2.24, 2.45) is 0 Å². The smallest absolute Gasteiger partial charge is 0.407 e. The quantitative estimate of drug-likeness (QED) is 0.887. The summed E-state index contributed by atoms with van der Waals surface area (Å²) in [4.78, 5) is 15.6. The van der Waals surface area contributed by atoms with E-state index in [1.165, 1.54) is 6.39 Å². The summed E-state index contributed by atoms with van der Waals surface area (Å²) in [6, 6.07) is 5.58. The van der Waals surface area contributed by atoms with Crippen molar-refractivity contribution in [1.29, 1.82) is 0 Å². The predicted molar refractivity (Wildman–Crippen MR) is 67.1 cm³/mol. The zero-order chi connectivity index (χ0) is 13.2. The fraction of sp³-hybridized carbons (Fsp3) is 0.385. The summed E-state index contributed by atoms with van der Waals surface area (Å²) in [5.41, 5.74) is 1.86. The second kappa shape index (κ2) is 4.68. The monoisotopic (exact) mass is 248 g/mol. The summed E-state index contributed by atoms with van der Waals surface area (Å²) in [7, 11) is 0. The van der Waals surface area contributed by atoms with Crippen molar-refractivity contribution in [2.75, 3.05) is 0 Å². The first-order valence-electron chi connectivity index (χ1n) is 5.74. The highest BCUT2D eigenvalue weighted by molar-refractivity contribution is 5.76. The lowest BCUT2D eigenvalue weighted by Crippen LogP contribution is -2.32. The largest absolute Gasteiger partial charge is 0.444 e. The fourth-order valence-corrected chi connectivity index (χ4v) is 1.57. The SMILES string of the molecule is CC(C)(C)OC(=O)NCc1cccc2ocnc12. The molecule has 5 nitrogen and oxygen atoms in total. The van der Waals surface area contributed by atoms with Crippen LogP contribution in [0.1, 0.15) is 26.3 Å². The van der Waals surface area contributed by atoms with Gasteiger partial charge in [-0.05, 0) is 26.8 Å². The van der Waals surface area contributed by atoms with E-state index < -0.39 is 11.7 Å². The second-order valence-corrected chi connectivity index (χ2v) is 4.97. The normalized spacial score (nSPS) is 11.5. The molecule has 2 rings (SSSR count). The molecular formula is C13H16N2O3. The van der Waals surface area contributed by atoms with Crippen LogP contribution < -0.4 is 5.32 Å². The second-order valence-electron chi connectivity index (χ2n) is 4.97. The minimum absolute atomic E-state index is 0.360. The maximum absolute atomic E-state index is 11.5. The van der Waals surface area contributed by atoms with Crippen molar-refractivity contribution in [2.45, 2.75) is 32.9 Å². The zero-order valence-corrected chi connectivity index (χ0v) is 10.7. The summed E-state index contributed by atoms with van der Waals surface area (Å²) in [5, 5.41) is 2.69. The van der Waals surface area contributed by atoms with E-state index in [9.17, 15) is 4.79 Å². The highest BCUT2D eigenvalue weighted by atomic mass is 16.6. The molecule has 18 heavy (non-hydrogen) atoms. The molecule has 0 fully saturated rings. The number of fused-ring (bicyclic) bond motifs is 1. The van der Waals surface area contributed by atoms with E-state index in [-0.39, 0.29) is 0 Å². The minimum Gasteiger partial charge on any atom is -0.444 e. The van der Waals surface area contributed by atoms with Gasteiger partial charge in [-0.3, -0.25) is 0 Å². The molecule has 0 saturated carbocycles. The fourth-order valence-electron chi connectivity index (χ4n) is 1.57. The van der Waals surface area contributed by atoms with Crippen LogP contribution in [0.5, 0.6) is 0 Å². The van der Waals surface area contributed by atoms with Crippen molar-refractivity contribution in [1.82, 2.24) is 10.3 Å². The molecule has 0 atom stereocenters. The molecule has 0 radical (unpaired) electrons. The van der Waals surface area contributed by atoms with E-state index in [0.717, 1.165) is 11.1 Å². The van der Waals surface area contributed by atoms with Crippen LogP contribution in [0.2, 0.25) is 0 Å². The molecule has 1 N–H and O–H groups in total. The number of benzene rings is 1. The molecule has 96 valence electrons. The number of amides is 1. The predicted octanol–water partition coefficient (Wildman–Crippen LogP) is 2.85. The van der Waals surface area contributed by atoms with E-state index in [1.807, 2.05) is 39.0 Å². The van der Waals surface area contributed by atoms with Crippen molar-refractivity contribution >= 4 is 17.2 Å². The third-order valence-corrected chi connectivity index (χ3v) is 2.27. The lowest BCUT2D eigenvalue weighted by Gasteiger charge is -2.19. The maximum Gasteiger partial charge on any atom is 0.407 e. The van der Waals surface area contributed by atoms with Crippen LogP contribution in [0.3, 0.4) is 0 Å². The number of hydrogen-bond acceptors (Lipinski definition) is 4. The molecule has 1 aromatic heterocycles. The van der Waals surface area contributed by atoms with Crippen LogP contribution in [0, 0.1) is 0 Å². The number of alkyl carbamates (subject to hydrolysis) is 1. The summed E-state index contributed by atoms with van der Waals surface area (Å²) in [6.07, 6.45) is 0.949. The van der Waals surface area contributed by atoms with Crippen molar-refractivity contribution in [3.05, 3.63) is 30.2 Å². The summed E-state index contributed by atoms with van der Waals surface area (Å²) >= 11 is 0. The zero-order valence-electron chi connectivity index (χ0n) is 10.7. The Labute approximate surface area is 105 Å². The standard InChI is InChI=1S/C13H16N2O3/c1-13(2,3)18-12(16)14-7-9-5-4-6-10-11(9)15-8-17-10/h4-6,8H,7H2,1-3H3,(H,14,16). The van der Waals surface area contributed by atoms with E-state index in [2.05, 4.69) is 10.3 Å². The number of carbonyl (C=O) groups is 1. The topological polar surface area (TPSA) is 64.4 Å². The Morgan fingerprint density at radius 1 is 1.44 bits per heavy atom. The van der Waals surface area contributed by atoms with Gasteiger partial charge in [0, 0.05) is 12.1 Å². The Hall–Kier alpha value is -2.04. The van der Waals surface area contributed by atoms with Crippen LogP contribution in [-0.4, -0.2) is 16.7 Å². The lowest BCUT2D eigenvalue weighted by atomic mass is 10.2. The molecule has 0 spiro atoms. The van der Waals surface area contributed by atoms with Gasteiger partial charge in [-0.2, -0.15) is 0 Å². The Morgan fingerprint density at radius 2 is 2.22 bits per heavy atom. The van der Waals surface area contributed by atoms with Gasteiger partial charge < -0.3 is 14.5 Å². The molecule has 0 saturated heterocycles. The van der Waals surface area contributed by atoms with Crippen LogP contribution in [0.4, 0.5) is 4.79 Å². The van der Waals surface area contributed by atoms with Gasteiger partial charge in [-0.15, -0.1) is 0 Å². The van der Waals surface area contributed by atoms with Gasteiger partial charge >= 0.3 is 6.09 Å². The van der Waals surface area contributed by atoms with Crippen molar-refractivity contribution in [3.8, 4) is 0 Å². The van der Waals surface area contributed by atoms with E-state index in [4.69, 9.17) is 9.15 Å². The van der Waals surface area contributed by atoms with Crippen molar-refractivity contribution in [3.63, 3.8) is 0 Å². The number of para-hydroxylation sites is 1. The highest BCUT2D eigenvalue weighted by Crippen LogP contribution is 2.16. The molecule has 0 aliphatic heterocycles. The molecular weight excluding hydrogens is 232 g/mol. The molecule has 2 aromatic rings. The number of aromatic nitrogens is 1. The molecule has 0 unspecified atom stereocenters. The molecule has 0 aliphatic rings. The minimum atomic E-state index is -0.496. The van der Waals surface area contributed by atoms with E-state index in [0.29, 0.717) is 12.1 Å². The van der Waals surface area contributed by atoms with E-state index >= 15 is 0 Å². The van der Waals surface area contributed by atoms with E-state index in [1.54, 1.807) is 0 Å². The molecule has 1 aromatic carbocycles. The number of oxazole rings is 1. The molecule has 1 heterocycles. The van der Waals surface area contributed by atoms with Crippen molar-refractivity contribution < 1.29 is 13.9 Å². The van der Waals surface area contributed by atoms with Gasteiger partial charge in [-0.1, -0.05) is 12.1 Å². The summed E-state index contributed by atoms with van der Waals surface area (Å²) in [5.74, 6) is 0. The molecule has 0 aliphatic carbocycles. The third kappa shape index (κ3) is 3.00. The van der Waals surface area contributed by atoms with Gasteiger partial charge in [0.25, 0.3) is 0 Å². The van der Waals surface area contributed by atoms with Gasteiger partial charge in [0.15, 0.2) is 12.0 Å².